The minimum Gasteiger partial charge on any atom is -0.495 e. The Labute approximate surface area is 392 Å². The van der Waals surface area contributed by atoms with Gasteiger partial charge in [-0.25, -0.2) is 14.4 Å². The number of fused-ring (bicyclic) bond motifs is 5. The number of carbonyl (C=O) groups is 7. The number of nitrogens with one attached hydrogen (secondary N) is 1. The first-order valence-corrected chi connectivity index (χ1v) is 24.4. The van der Waals surface area contributed by atoms with E-state index in [0.717, 1.165) is 11.1 Å². The maximum absolute atomic E-state index is 14.3. The van der Waals surface area contributed by atoms with Crippen LogP contribution in [0.25, 0.3) is 0 Å². The monoisotopic (exact) mass is 964 g/mol. The first-order chi connectivity index (χ1) is 30.5. The zero-order valence-corrected chi connectivity index (χ0v) is 40.8. The van der Waals surface area contributed by atoms with Gasteiger partial charge in [0.2, 0.25) is 11.8 Å². The molecule has 358 valence electrons. The second-order valence-electron chi connectivity index (χ2n) is 17.5. The number of halogens is 1. The summed E-state index contributed by atoms with van der Waals surface area (Å²) < 4.78 is 23.7. The number of aliphatic hydroxyl groups is 1. The predicted octanol–water partition coefficient (Wildman–Crippen LogP) is 6.22. The molecule has 3 fully saturated rings. The van der Waals surface area contributed by atoms with E-state index in [9.17, 15) is 38.7 Å². The fraction of sp³-hybridized carbons (Fsp3) is 0.622. The summed E-state index contributed by atoms with van der Waals surface area (Å²) in [5, 5.41) is 14.8. The van der Waals surface area contributed by atoms with Crippen molar-refractivity contribution in [2.75, 3.05) is 26.1 Å². The van der Waals surface area contributed by atoms with Crippen LogP contribution >= 0.6 is 33.2 Å². The first-order valence-electron chi connectivity index (χ1n) is 21.7. The van der Waals surface area contributed by atoms with E-state index in [1.54, 1.807) is 66.8 Å². The van der Waals surface area contributed by atoms with Crippen LogP contribution in [0.2, 0.25) is 5.02 Å². The number of alkyl carbamates (subject to hydrolysis) is 1. The number of epoxide rings is 1. The molecule has 5 amide bonds. The van der Waals surface area contributed by atoms with Crippen molar-refractivity contribution in [1.82, 2.24) is 15.3 Å². The van der Waals surface area contributed by atoms with Crippen molar-refractivity contribution in [3.8, 4) is 5.75 Å². The molecule has 0 aromatic heterocycles. The molecular weight excluding hydrogens is 904 g/mol. The second kappa shape index (κ2) is 22.0. The number of hydrogen-bond acceptors (Lipinski definition) is 15. The van der Waals surface area contributed by atoms with Crippen molar-refractivity contribution in [3.05, 3.63) is 46.5 Å². The summed E-state index contributed by atoms with van der Waals surface area (Å²) in [6.07, 6.45) is 3.50. The Morgan fingerprint density at radius 1 is 1.05 bits per heavy atom. The Bertz CT molecular complexity index is 2060. The van der Waals surface area contributed by atoms with Gasteiger partial charge in [-0.05, 0) is 57.7 Å². The van der Waals surface area contributed by atoms with Crippen LogP contribution in [0.15, 0.2) is 35.9 Å². The third-order valence-electron chi connectivity index (χ3n) is 12.3. The largest absolute Gasteiger partial charge is 0.495 e. The number of benzene rings is 1. The number of imide groups is 1. The molecule has 3 saturated heterocycles. The molecule has 2 N–H and O–H groups in total. The molecule has 5 rings (SSSR count). The normalized spacial score (nSPS) is 28.7. The molecule has 0 aliphatic carbocycles. The fourth-order valence-electron chi connectivity index (χ4n) is 7.86. The molecule has 4 aliphatic rings. The van der Waals surface area contributed by atoms with E-state index in [1.807, 2.05) is 33.8 Å². The van der Waals surface area contributed by atoms with E-state index < -0.39 is 77.4 Å². The second-order valence-corrected chi connectivity index (χ2v) is 21.1. The number of esters is 1. The highest BCUT2D eigenvalue weighted by Gasteiger charge is 2.64. The molecule has 20 heteroatoms. The Hall–Kier alpha value is -4.30. The number of nitrogens with zero attached hydrogens (tertiary/aromatic N) is 3. The van der Waals surface area contributed by atoms with Gasteiger partial charge in [-0.1, -0.05) is 77.8 Å². The van der Waals surface area contributed by atoms with Crippen molar-refractivity contribution in [2.24, 2.45) is 5.92 Å². The topological polar surface area (TPSA) is 211 Å². The third-order valence-corrected chi connectivity index (χ3v) is 16.2. The lowest BCUT2D eigenvalue weighted by atomic mass is 9.84. The lowest BCUT2D eigenvalue weighted by molar-refractivity contribution is -0.197. The van der Waals surface area contributed by atoms with E-state index in [-0.39, 0.29) is 66.4 Å². The van der Waals surface area contributed by atoms with Crippen LogP contribution < -0.4 is 15.0 Å². The summed E-state index contributed by atoms with van der Waals surface area (Å²) in [6.45, 7) is 10.9. The molecule has 4 bridgehead atoms. The fourth-order valence-corrected chi connectivity index (χ4v) is 10.7. The molecule has 4 heterocycles. The standard InChI is InChI=1S/C45H61ClN4O13S2/c1-25-12-10-11-19-45(58)24-33(60-43(57)47-45)28(4)41-44(6,62-41)34(23-38(54)49(8)31-21-30(20-25)22-32(59-9)40(31)46)61-42(56)29(5)48(7)35(51)15-13-26(2)64-65-27(3)14-18-39(55)63-50-36(52)16-17-37(50)53/h10-12,21-22,26-29,33-34,41,58H,13-20,23-24H2,1-9H3,(H,47,57)/b11-10+,25-12+/t26?,27?,28-,29+,33+,34+,41+,44+,45-/m1/s1. The minimum atomic E-state index is -1.61. The summed E-state index contributed by atoms with van der Waals surface area (Å²) in [5.41, 5.74) is -0.692. The van der Waals surface area contributed by atoms with Crippen LogP contribution in [0, 0.1) is 5.92 Å². The molecule has 17 nitrogen and oxygen atoms in total. The molecule has 65 heavy (non-hydrogen) atoms. The number of allylic oxidation sites excluding steroid dienone is 3. The van der Waals surface area contributed by atoms with Gasteiger partial charge in [0, 0.05) is 69.0 Å². The van der Waals surface area contributed by atoms with Gasteiger partial charge in [0.25, 0.3) is 11.8 Å². The lowest BCUT2D eigenvalue weighted by Crippen LogP contribution is -2.57. The van der Waals surface area contributed by atoms with Crippen LogP contribution in [-0.4, -0.2) is 124 Å². The number of hydroxylamine groups is 2. The van der Waals surface area contributed by atoms with Gasteiger partial charge in [0.05, 0.1) is 25.3 Å². The minimum absolute atomic E-state index is 0.0264. The molecule has 0 spiro atoms. The van der Waals surface area contributed by atoms with Crippen molar-refractivity contribution >= 4 is 80.5 Å². The quantitative estimate of drug-likeness (QED) is 0.0918. The lowest BCUT2D eigenvalue weighted by Gasteiger charge is -2.39. The molecule has 4 aliphatic heterocycles. The van der Waals surface area contributed by atoms with Gasteiger partial charge >= 0.3 is 18.0 Å². The van der Waals surface area contributed by atoms with Crippen LogP contribution in [0.1, 0.15) is 105 Å². The van der Waals surface area contributed by atoms with Gasteiger partial charge in [-0.3, -0.25) is 24.5 Å². The van der Waals surface area contributed by atoms with Gasteiger partial charge in [-0.15, -0.1) is 5.06 Å². The summed E-state index contributed by atoms with van der Waals surface area (Å²) in [7, 11) is 7.66. The number of ether oxygens (including phenoxy) is 4. The summed E-state index contributed by atoms with van der Waals surface area (Å²) >= 11 is 6.79. The molecule has 9 atom stereocenters. The SMILES string of the molecule is COc1cc2cc(c1Cl)N(C)C(=O)C[C@H](OC(=O)[C@H](C)N(C)C(=O)CCC(C)SSC(C)CCC(=O)ON1C(=O)CCC1=O)[C@]1(C)O[C@H]1[C@H](C)[C@@H]1C[C@](O)(C/C=C/C=C(\C)C2)NC(=O)O1. The van der Waals surface area contributed by atoms with Crippen LogP contribution in [-0.2, 0) is 54.2 Å². The first kappa shape index (κ1) is 51.7. The van der Waals surface area contributed by atoms with Crippen LogP contribution in [0.5, 0.6) is 5.75 Å². The smallest absolute Gasteiger partial charge is 0.409 e. The number of hydrogen-bond donors (Lipinski definition) is 2. The molecule has 2 unspecified atom stereocenters. The summed E-state index contributed by atoms with van der Waals surface area (Å²) in [5.74, 6) is -3.36. The highest BCUT2D eigenvalue weighted by Crippen LogP contribution is 2.49. The molecule has 0 saturated carbocycles. The third kappa shape index (κ3) is 13.2. The van der Waals surface area contributed by atoms with Gasteiger partial charge in [0.1, 0.15) is 40.3 Å². The Morgan fingerprint density at radius 3 is 2.34 bits per heavy atom. The number of methoxy groups -OCH3 is 1. The van der Waals surface area contributed by atoms with E-state index in [1.165, 1.54) is 24.0 Å². The zero-order chi connectivity index (χ0) is 48.0. The average molecular weight is 966 g/mol. The van der Waals surface area contributed by atoms with Crippen molar-refractivity contribution in [3.63, 3.8) is 0 Å². The van der Waals surface area contributed by atoms with E-state index in [2.05, 4.69) is 5.32 Å². The van der Waals surface area contributed by atoms with Crippen molar-refractivity contribution < 1.29 is 62.5 Å². The van der Waals surface area contributed by atoms with Crippen molar-refractivity contribution in [1.29, 1.82) is 0 Å². The maximum atomic E-state index is 14.3. The average Bonchev–Trinajstić information content (AvgIpc) is 3.86. The summed E-state index contributed by atoms with van der Waals surface area (Å²) in [6, 6.07) is 2.54. The van der Waals surface area contributed by atoms with Crippen molar-refractivity contribution in [2.45, 2.75) is 152 Å². The Balaban J connectivity index is 1.25. The van der Waals surface area contributed by atoms with E-state index in [0.29, 0.717) is 35.8 Å². The number of likely N-dealkylation sites (N-methyl/N-ethyl adjacent to an activating group) is 1. The van der Waals surface area contributed by atoms with Gasteiger partial charge < -0.3 is 38.7 Å². The maximum Gasteiger partial charge on any atom is 0.409 e. The summed E-state index contributed by atoms with van der Waals surface area (Å²) in [4.78, 5) is 97.8. The van der Waals surface area contributed by atoms with Crippen LogP contribution in [0.3, 0.4) is 0 Å². The zero-order valence-electron chi connectivity index (χ0n) is 38.4. The Kier molecular flexibility index (Phi) is 17.5. The highest BCUT2D eigenvalue weighted by atomic mass is 35.5. The molecule has 1 aromatic carbocycles. The number of amides is 5. The van der Waals surface area contributed by atoms with Gasteiger partial charge in [0.15, 0.2) is 0 Å². The van der Waals surface area contributed by atoms with Gasteiger partial charge in [-0.2, -0.15) is 0 Å². The van der Waals surface area contributed by atoms with Crippen LogP contribution in [0.4, 0.5) is 10.5 Å². The number of rotatable bonds is 14. The predicted molar refractivity (Wildman–Crippen MR) is 245 cm³/mol. The number of carbonyl (C=O) groups excluding carboxylic acids is 7. The molecular formula is C45H61ClN4O13S2. The molecule has 1 aromatic rings. The highest BCUT2D eigenvalue weighted by molar-refractivity contribution is 8.77. The van der Waals surface area contributed by atoms with E-state index in [4.69, 9.17) is 35.4 Å². The molecule has 0 radical (unpaired) electrons. The Morgan fingerprint density at radius 2 is 1.69 bits per heavy atom. The number of anilines is 1. The van der Waals surface area contributed by atoms with E-state index >= 15 is 0 Å².